The van der Waals surface area contributed by atoms with Crippen molar-refractivity contribution in [2.75, 3.05) is 13.1 Å². The topological polar surface area (TPSA) is 12.0 Å². The van der Waals surface area contributed by atoms with Crippen molar-refractivity contribution in [3.05, 3.63) is 34.6 Å². The molecule has 0 bridgehead atoms. The molecule has 0 heterocycles. The molecule has 1 aromatic carbocycles. The summed E-state index contributed by atoms with van der Waals surface area (Å²) >= 11 is 5.86. The Morgan fingerprint density at radius 2 is 2.00 bits per heavy atom. The van der Waals surface area contributed by atoms with Crippen molar-refractivity contribution in [1.82, 2.24) is 5.32 Å². The maximum Gasteiger partial charge on any atom is 0.144 e. The molecule has 2 unspecified atom stereocenters. The molecule has 1 N–H and O–H groups in total. The Kier molecular flexibility index (Phi) is 5.65. The van der Waals surface area contributed by atoms with E-state index in [0.29, 0.717) is 11.8 Å². The maximum atomic E-state index is 14.0. The van der Waals surface area contributed by atoms with Gasteiger partial charge in [-0.1, -0.05) is 43.5 Å². The van der Waals surface area contributed by atoms with Crippen LogP contribution >= 0.6 is 11.6 Å². The third kappa shape index (κ3) is 3.93. The number of hydrogen-bond donors (Lipinski definition) is 1. The lowest BCUT2D eigenvalue weighted by Gasteiger charge is -2.32. The second-order valence-electron chi connectivity index (χ2n) is 5.53. The molecule has 0 aliphatic heterocycles. The van der Waals surface area contributed by atoms with Crippen LogP contribution in [0.2, 0.25) is 5.02 Å². The van der Waals surface area contributed by atoms with Crippen molar-refractivity contribution in [2.45, 2.75) is 39.0 Å². The summed E-state index contributed by atoms with van der Waals surface area (Å²) in [5, 5.41) is 3.69. The molecule has 2 rings (SSSR count). The Balaban J connectivity index is 2.04. The number of benzene rings is 1. The molecule has 106 valence electrons. The highest BCUT2D eigenvalue weighted by atomic mass is 35.5. The van der Waals surface area contributed by atoms with E-state index in [1.165, 1.54) is 25.7 Å². The van der Waals surface area contributed by atoms with Gasteiger partial charge < -0.3 is 5.32 Å². The predicted molar refractivity (Wildman–Crippen MR) is 79.1 cm³/mol. The normalized spacial score (nSPS) is 23.5. The summed E-state index contributed by atoms with van der Waals surface area (Å²) in [5.74, 6) is 1.03. The second-order valence-corrected chi connectivity index (χ2v) is 5.94. The summed E-state index contributed by atoms with van der Waals surface area (Å²) in [7, 11) is 0. The first-order valence-electron chi connectivity index (χ1n) is 7.36. The minimum Gasteiger partial charge on any atom is -0.317 e. The van der Waals surface area contributed by atoms with E-state index in [1.54, 1.807) is 6.07 Å². The largest absolute Gasteiger partial charge is 0.317 e. The lowest BCUT2D eigenvalue weighted by atomic mass is 9.76. The highest BCUT2D eigenvalue weighted by molar-refractivity contribution is 6.30. The van der Waals surface area contributed by atoms with Crippen LogP contribution in [0.4, 0.5) is 4.39 Å². The van der Waals surface area contributed by atoms with Gasteiger partial charge in [0.15, 0.2) is 0 Å². The molecule has 0 amide bonds. The average Bonchev–Trinajstić information content (AvgIpc) is 2.43. The van der Waals surface area contributed by atoms with Gasteiger partial charge in [0.25, 0.3) is 0 Å². The number of halogens is 2. The van der Waals surface area contributed by atoms with E-state index in [2.05, 4.69) is 12.2 Å². The van der Waals surface area contributed by atoms with Crippen LogP contribution in [0.3, 0.4) is 0 Å². The first-order valence-corrected chi connectivity index (χ1v) is 7.73. The third-order valence-corrected chi connectivity index (χ3v) is 4.53. The second kappa shape index (κ2) is 7.25. The molecule has 1 saturated carbocycles. The minimum atomic E-state index is -0.225. The van der Waals surface area contributed by atoms with Crippen molar-refractivity contribution in [2.24, 2.45) is 11.8 Å². The number of rotatable bonds is 5. The standard InChI is InChI=1S/C16H23ClFN/c1-2-19-11-14-7-4-3-6-12(14)10-13-8-5-9-15(17)16(13)18/h5,8-9,12,14,19H,2-4,6-7,10-11H2,1H3. The Hall–Kier alpha value is -0.600. The SMILES string of the molecule is CCNCC1CCCCC1Cc1cccc(Cl)c1F. The van der Waals surface area contributed by atoms with Crippen LogP contribution in [0, 0.1) is 17.7 Å². The van der Waals surface area contributed by atoms with Crippen molar-refractivity contribution in [3.63, 3.8) is 0 Å². The fraction of sp³-hybridized carbons (Fsp3) is 0.625. The van der Waals surface area contributed by atoms with Crippen molar-refractivity contribution >= 4 is 11.6 Å². The van der Waals surface area contributed by atoms with E-state index in [-0.39, 0.29) is 10.8 Å². The van der Waals surface area contributed by atoms with E-state index in [9.17, 15) is 4.39 Å². The zero-order chi connectivity index (χ0) is 13.7. The van der Waals surface area contributed by atoms with Crippen LogP contribution in [0.15, 0.2) is 18.2 Å². The monoisotopic (exact) mass is 283 g/mol. The summed E-state index contributed by atoms with van der Waals surface area (Å²) in [6, 6.07) is 5.35. The number of hydrogen-bond acceptors (Lipinski definition) is 1. The molecule has 0 spiro atoms. The summed E-state index contributed by atoms with van der Waals surface area (Å²) in [6.07, 6.45) is 5.88. The smallest absolute Gasteiger partial charge is 0.144 e. The van der Waals surface area contributed by atoms with Gasteiger partial charge in [0.05, 0.1) is 5.02 Å². The zero-order valence-corrected chi connectivity index (χ0v) is 12.3. The molecule has 1 aliphatic carbocycles. The summed E-state index contributed by atoms with van der Waals surface area (Å²) < 4.78 is 14.0. The molecule has 1 aliphatic rings. The lowest BCUT2D eigenvalue weighted by Crippen LogP contribution is -2.31. The van der Waals surface area contributed by atoms with Crippen LogP contribution in [0.1, 0.15) is 38.2 Å². The Bertz CT molecular complexity index is 408. The maximum absolute atomic E-state index is 14.0. The fourth-order valence-electron chi connectivity index (χ4n) is 3.14. The lowest BCUT2D eigenvalue weighted by molar-refractivity contribution is 0.228. The zero-order valence-electron chi connectivity index (χ0n) is 11.6. The van der Waals surface area contributed by atoms with Gasteiger partial charge in [0.1, 0.15) is 5.82 Å². The van der Waals surface area contributed by atoms with Gasteiger partial charge in [0.2, 0.25) is 0 Å². The van der Waals surface area contributed by atoms with Gasteiger partial charge in [-0.15, -0.1) is 0 Å². The number of nitrogens with one attached hydrogen (secondary N) is 1. The first-order chi connectivity index (χ1) is 9.22. The Labute approximate surface area is 120 Å². The molecular weight excluding hydrogens is 261 g/mol. The molecule has 19 heavy (non-hydrogen) atoms. The minimum absolute atomic E-state index is 0.225. The van der Waals surface area contributed by atoms with Crippen LogP contribution in [0.5, 0.6) is 0 Å². The molecule has 3 heteroatoms. The van der Waals surface area contributed by atoms with Crippen LogP contribution < -0.4 is 5.32 Å². The molecule has 1 nitrogen and oxygen atoms in total. The Morgan fingerprint density at radius 1 is 1.26 bits per heavy atom. The summed E-state index contributed by atoms with van der Waals surface area (Å²) in [4.78, 5) is 0. The van der Waals surface area contributed by atoms with Gasteiger partial charge in [-0.2, -0.15) is 0 Å². The predicted octanol–water partition coefficient (Wildman–Crippen LogP) is 4.44. The molecule has 1 aromatic rings. The molecule has 0 radical (unpaired) electrons. The van der Waals surface area contributed by atoms with Gasteiger partial charge >= 0.3 is 0 Å². The highest BCUT2D eigenvalue weighted by Crippen LogP contribution is 2.33. The van der Waals surface area contributed by atoms with E-state index in [4.69, 9.17) is 11.6 Å². The van der Waals surface area contributed by atoms with E-state index in [1.807, 2.05) is 12.1 Å². The third-order valence-electron chi connectivity index (χ3n) is 4.24. The molecular formula is C16H23ClFN. The van der Waals surface area contributed by atoms with E-state index < -0.39 is 0 Å². The average molecular weight is 284 g/mol. The van der Waals surface area contributed by atoms with E-state index in [0.717, 1.165) is 25.1 Å². The molecule has 2 atom stereocenters. The molecule has 0 saturated heterocycles. The van der Waals surface area contributed by atoms with Gasteiger partial charge in [-0.05, 0) is 55.8 Å². The van der Waals surface area contributed by atoms with Gasteiger partial charge in [-0.3, -0.25) is 0 Å². The molecule has 0 aromatic heterocycles. The first kappa shape index (κ1) is 14.8. The quantitative estimate of drug-likeness (QED) is 0.842. The van der Waals surface area contributed by atoms with E-state index >= 15 is 0 Å². The highest BCUT2D eigenvalue weighted by Gasteiger charge is 2.25. The van der Waals surface area contributed by atoms with Crippen LogP contribution in [-0.2, 0) is 6.42 Å². The van der Waals surface area contributed by atoms with Crippen molar-refractivity contribution in [1.29, 1.82) is 0 Å². The van der Waals surface area contributed by atoms with Crippen LogP contribution in [-0.4, -0.2) is 13.1 Å². The summed E-state index contributed by atoms with van der Waals surface area (Å²) in [6.45, 7) is 4.20. The molecule has 1 fully saturated rings. The Morgan fingerprint density at radius 3 is 2.74 bits per heavy atom. The fourth-order valence-corrected chi connectivity index (χ4v) is 3.33. The van der Waals surface area contributed by atoms with Crippen LogP contribution in [0.25, 0.3) is 0 Å². The van der Waals surface area contributed by atoms with Crippen molar-refractivity contribution in [3.8, 4) is 0 Å². The van der Waals surface area contributed by atoms with Crippen molar-refractivity contribution < 1.29 is 4.39 Å². The van der Waals surface area contributed by atoms with Gasteiger partial charge in [0, 0.05) is 0 Å². The van der Waals surface area contributed by atoms with Gasteiger partial charge in [-0.25, -0.2) is 4.39 Å². The summed E-state index contributed by atoms with van der Waals surface area (Å²) in [5.41, 5.74) is 0.779.